The van der Waals surface area contributed by atoms with Gasteiger partial charge in [0.1, 0.15) is 0 Å². The first-order valence-electron chi connectivity index (χ1n) is 6.98. The quantitative estimate of drug-likeness (QED) is 0.909. The number of hydrogen-bond donors (Lipinski definition) is 1. The van der Waals surface area contributed by atoms with E-state index < -0.39 is 6.10 Å². The van der Waals surface area contributed by atoms with E-state index in [1.54, 1.807) is 0 Å². The van der Waals surface area contributed by atoms with E-state index in [-0.39, 0.29) is 0 Å². The van der Waals surface area contributed by atoms with Gasteiger partial charge in [0.25, 0.3) is 0 Å². The van der Waals surface area contributed by atoms with Gasteiger partial charge in [-0.05, 0) is 30.2 Å². The maximum absolute atomic E-state index is 10.4. The molecule has 1 unspecified atom stereocenters. The standard InChI is InChI=1S/C16H23N3O/c1-5-13-10-15(19(4)17-13)11-16(20)12-6-8-14(9-7-12)18(2)3/h6-10,16,20H,5,11H2,1-4H3. The molecule has 2 rings (SSSR count). The lowest BCUT2D eigenvalue weighted by atomic mass is 10.0. The van der Waals surface area contributed by atoms with E-state index in [0.29, 0.717) is 6.42 Å². The number of benzene rings is 1. The van der Waals surface area contributed by atoms with Gasteiger partial charge >= 0.3 is 0 Å². The molecule has 4 heteroatoms. The Morgan fingerprint density at radius 2 is 1.90 bits per heavy atom. The van der Waals surface area contributed by atoms with Gasteiger partial charge in [0.05, 0.1) is 11.8 Å². The zero-order valence-electron chi connectivity index (χ0n) is 12.7. The lowest BCUT2D eigenvalue weighted by molar-refractivity contribution is 0.176. The van der Waals surface area contributed by atoms with Crippen molar-refractivity contribution in [3.05, 3.63) is 47.3 Å². The van der Waals surface area contributed by atoms with Gasteiger partial charge < -0.3 is 10.0 Å². The van der Waals surface area contributed by atoms with Gasteiger partial charge in [-0.25, -0.2) is 0 Å². The van der Waals surface area contributed by atoms with Crippen LogP contribution in [0.1, 0.15) is 30.0 Å². The molecule has 108 valence electrons. The molecule has 0 saturated carbocycles. The van der Waals surface area contributed by atoms with Crippen molar-refractivity contribution < 1.29 is 5.11 Å². The molecule has 1 N–H and O–H groups in total. The summed E-state index contributed by atoms with van der Waals surface area (Å²) < 4.78 is 1.86. The molecule has 20 heavy (non-hydrogen) atoms. The first-order chi connectivity index (χ1) is 9.51. The Morgan fingerprint density at radius 3 is 2.40 bits per heavy atom. The average molecular weight is 273 g/mol. The van der Waals surface area contributed by atoms with E-state index >= 15 is 0 Å². The third-order valence-electron chi connectivity index (χ3n) is 3.59. The highest BCUT2D eigenvalue weighted by Crippen LogP contribution is 2.21. The smallest absolute Gasteiger partial charge is 0.0845 e. The van der Waals surface area contributed by atoms with Crippen LogP contribution in [-0.4, -0.2) is 29.0 Å². The number of aliphatic hydroxyl groups is 1. The zero-order chi connectivity index (χ0) is 14.7. The van der Waals surface area contributed by atoms with E-state index in [4.69, 9.17) is 0 Å². The Labute approximate surface area is 120 Å². The third kappa shape index (κ3) is 3.20. The molecule has 0 radical (unpaired) electrons. The molecule has 0 aliphatic heterocycles. The first-order valence-corrected chi connectivity index (χ1v) is 6.98. The Morgan fingerprint density at radius 1 is 1.25 bits per heavy atom. The highest BCUT2D eigenvalue weighted by Gasteiger charge is 2.12. The van der Waals surface area contributed by atoms with Crippen molar-refractivity contribution in [2.24, 2.45) is 7.05 Å². The fourth-order valence-corrected chi connectivity index (χ4v) is 2.25. The molecule has 4 nitrogen and oxygen atoms in total. The molecule has 0 fully saturated rings. The molecule has 1 atom stereocenters. The number of aryl methyl sites for hydroxylation is 2. The largest absolute Gasteiger partial charge is 0.388 e. The third-order valence-corrected chi connectivity index (χ3v) is 3.59. The van der Waals surface area contributed by atoms with Gasteiger partial charge in [-0.1, -0.05) is 19.1 Å². The van der Waals surface area contributed by atoms with Crippen molar-refractivity contribution in [1.82, 2.24) is 9.78 Å². The van der Waals surface area contributed by atoms with Crippen molar-refractivity contribution in [2.45, 2.75) is 25.9 Å². The lowest BCUT2D eigenvalue weighted by Gasteiger charge is -2.15. The summed E-state index contributed by atoms with van der Waals surface area (Å²) in [7, 11) is 5.94. The van der Waals surface area contributed by atoms with E-state index in [2.05, 4.69) is 18.1 Å². The molecular formula is C16H23N3O. The molecule has 0 bridgehead atoms. The van der Waals surface area contributed by atoms with Crippen LogP contribution >= 0.6 is 0 Å². The fraction of sp³-hybridized carbons (Fsp3) is 0.438. The number of rotatable bonds is 5. The highest BCUT2D eigenvalue weighted by molar-refractivity contribution is 5.46. The Bertz CT molecular complexity index is 558. The summed E-state index contributed by atoms with van der Waals surface area (Å²) in [5.41, 5.74) is 4.20. The van der Waals surface area contributed by atoms with Crippen molar-refractivity contribution >= 4 is 5.69 Å². The molecule has 0 spiro atoms. The maximum Gasteiger partial charge on any atom is 0.0845 e. The van der Waals surface area contributed by atoms with Gasteiger partial charge in [-0.15, -0.1) is 0 Å². The van der Waals surface area contributed by atoms with Crippen LogP contribution in [0.15, 0.2) is 30.3 Å². The Balaban J connectivity index is 2.10. The summed E-state index contributed by atoms with van der Waals surface area (Å²) in [6.07, 6.45) is 1.01. The normalized spacial score (nSPS) is 12.4. The van der Waals surface area contributed by atoms with Crippen LogP contribution in [0.25, 0.3) is 0 Å². The Hall–Kier alpha value is -1.81. The van der Waals surface area contributed by atoms with Crippen molar-refractivity contribution in [3.63, 3.8) is 0 Å². The van der Waals surface area contributed by atoms with Crippen molar-refractivity contribution in [2.75, 3.05) is 19.0 Å². The monoisotopic (exact) mass is 273 g/mol. The summed E-state index contributed by atoms with van der Waals surface area (Å²) >= 11 is 0. The second-order valence-electron chi connectivity index (χ2n) is 5.31. The van der Waals surface area contributed by atoms with Crippen LogP contribution in [0, 0.1) is 0 Å². The minimum absolute atomic E-state index is 0.494. The summed E-state index contributed by atoms with van der Waals surface area (Å²) in [6, 6.07) is 10.1. The molecule has 0 aliphatic carbocycles. The van der Waals surface area contributed by atoms with Crippen molar-refractivity contribution in [3.8, 4) is 0 Å². The van der Waals surface area contributed by atoms with Gasteiger partial charge in [-0.2, -0.15) is 5.10 Å². The summed E-state index contributed by atoms with van der Waals surface area (Å²) in [5, 5.41) is 14.8. The lowest BCUT2D eigenvalue weighted by Crippen LogP contribution is -2.09. The fourth-order valence-electron chi connectivity index (χ4n) is 2.25. The predicted molar refractivity (Wildman–Crippen MR) is 82.0 cm³/mol. The van der Waals surface area contributed by atoms with Crippen LogP contribution in [0.5, 0.6) is 0 Å². The zero-order valence-corrected chi connectivity index (χ0v) is 12.7. The predicted octanol–water partition coefficient (Wildman–Crippen LogP) is 2.32. The number of hydrogen-bond acceptors (Lipinski definition) is 3. The molecule has 0 saturated heterocycles. The van der Waals surface area contributed by atoms with E-state index in [9.17, 15) is 5.11 Å². The minimum Gasteiger partial charge on any atom is -0.388 e. The highest BCUT2D eigenvalue weighted by atomic mass is 16.3. The van der Waals surface area contributed by atoms with Gasteiger partial charge in [0.2, 0.25) is 0 Å². The van der Waals surface area contributed by atoms with Crippen LogP contribution in [0.4, 0.5) is 5.69 Å². The maximum atomic E-state index is 10.4. The Kier molecular flexibility index (Phi) is 4.45. The van der Waals surface area contributed by atoms with E-state index in [1.807, 2.05) is 55.0 Å². The molecule has 1 heterocycles. The molecule has 0 aliphatic rings. The van der Waals surface area contributed by atoms with E-state index in [1.165, 1.54) is 0 Å². The number of aliphatic hydroxyl groups excluding tert-OH is 1. The second-order valence-corrected chi connectivity index (χ2v) is 5.31. The molecule has 1 aromatic heterocycles. The molecule has 1 aromatic carbocycles. The van der Waals surface area contributed by atoms with Crippen molar-refractivity contribution in [1.29, 1.82) is 0 Å². The van der Waals surface area contributed by atoms with Crippen LogP contribution in [0.3, 0.4) is 0 Å². The number of anilines is 1. The van der Waals surface area contributed by atoms with Crippen LogP contribution in [-0.2, 0) is 19.9 Å². The summed E-state index contributed by atoms with van der Waals surface area (Å²) in [5.74, 6) is 0. The number of nitrogens with zero attached hydrogens (tertiary/aromatic N) is 3. The molecule has 2 aromatic rings. The number of aromatic nitrogens is 2. The topological polar surface area (TPSA) is 41.3 Å². The summed E-state index contributed by atoms with van der Waals surface area (Å²) in [4.78, 5) is 2.05. The van der Waals surface area contributed by atoms with Gasteiger partial charge in [0, 0.05) is 38.9 Å². The van der Waals surface area contributed by atoms with E-state index in [0.717, 1.165) is 29.1 Å². The minimum atomic E-state index is -0.494. The molecule has 0 amide bonds. The van der Waals surface area contributed by atoms with Crippen LogP contribution in [0.2, 0.25) is 0 Å². The SMILES string of the molecule is CCc1cc(CC(O)c2ccc(N(C)C)cc2)n(C)n1. The summed E-state index contributed by atoms with van der Waals surface area (Å²) in [6.45, 7) is 2.09. The average Bonchev–Trinajstić information content (AvgIpc) is 2.79. The van der Waals surface area contributed by atoms with Gasteiger partial charge in [-0.3, -0.25) is 4.68 Å². The second kappa shape index (κ2) is 6.09. The van der Waals surface area contributed by atoms with Gasteiger partial charge in [0.15, 0.2) is 0 Å². The molecular weight excluding hydrogens is 250 g/mol. The van der Waals surface area contributed by atoms with Crippen LogP contribution < -0.4 is 4.90 Å². The first kappa shape index (κ1) is 14.6.